The van der Waals surface area contributed by atoms with E-state index in [0.29, 0.717) is 10.9 Å². The SMILES string of the molecule is Cn1nnnc1SCC1(C(=O)O)CS[C@@H]2C(NC(=O)Cc3cccs3)C(=O)N2C1. The van der Waals surface area contributed by atoms with Crippen molar-refractivity contribution in [1.29, 1.82) is 0 Å². The van der Waals surface area contributed by atoms with Crippen molar-refractivity contribution >= 4 is 52.6 Å². The number of β-lactam (4-membered cyclic amide) rings is 1. The van der Waals surface area contributed by atoms with E-state index in [1.54, 1.807) is 11.9 Å². The Balaban J connectivity index is 1.38. The van der Waals surface area contributed by atoms with Crippen molar-refractivity contribution in [1.82, 2.24) is 30.4 Å². The van der Waals surface area contributed by atoms with Crippen LogP contribution in [0.25, 0.3) is 0 Å². The topological polar surface area (TPSA) is 130 Å². The summed E-state index contributed by atoms with van der Waals surface area (Å²) in [6.07, 6.45) is 0.236. The van der Waals surface area contributed by atoms with E-state index in [0.717, 1.165) is 4.88 Å². The van der Waals surface area contributed by atoms with Crippen molar-refractivity contribution in [2.24, 2.45) is 12.5 Å². The van der Waals surface area contributed by atoms with Crippen LogP contribution in [0, 0.1) is 5.41 Å². The number of aryl methyl sites for hydroxylation is 1. The van der Waals surface area contributed by atoms with Gasteiger partial charge in [-0.1, -0.05) is 17.8 Å². The first-order chi connectivity index (χ1) is 13.9. The van der Waals surface area contributed by atoms with E-state index in [-0.39, 0.29) is 35.9 Å². The molecule has 0 bridgehead atoms. The van der Waals surface area contributed by atoms with Gasteiger partial charge >= 0.3 is 5.97 Å². The number of carbonyl (C=O) groups excluding carboxylic acids is 2. The van der Waals surface area contributed by atoms with Gasteiger partial charge in [0.1, 0.15) is 16.8 Å². The molecule has 2 N–H and O–H groups in total. The lowest BCUT2D eigenvalue weighted by Gasteiger charge is -2.53. The fourth-order valence-electron chi connectivity index (χ4n) is 3.25. The van der Waals surface area contributed by atoms with Crippen LogP contribution in [0.15, 0.2) is 22.7 Å². The van der Waals surface area contributed by atoms with E-state index in [9.17, 15) is 19.5 Å². The van der Waals surface area contributed by atoms with Gasteiger partial charge in [-0.25, -0.2) is 4.68 Å². The fraction of sp³-hybridized carbons (Fsp3) is 0.500. The number of hydrogen-bond donors (Lipinski definition) is 2. The molecule has 2 aromatic rings. The summed E-state index contributed by atoms with van der Waals surface area (Å²) in [5.74, 6) is -0.810. The van der Waals surface area contributed by atoms with Crippen molar-refractivity contribution in [3.05, 3.63) is 22.4 Å². The van der Waals surface area contributed by atoms with Gasteiger partial charge in [0.2, 0.25) is 17.0 Å². The van der Waals surface area contributed by atoms with Gasteiger partial charge in [0, 0.05) is 30.0 Å². The van der Waals surface area contributed by atoms with Crippen molar-refractivity contribution in [2.45, 2.75) is 23.0 Å². The second-order valence-corrected chi connectivity index (χ2v) is 10.0. The van der Waals surface area contributed by atoms with Gasteiger partial charge in [-0.05, 0) is 21.9 Å². The third-order valence-electron chi connectivity index (χ3n) is 4.89. The zero-order chi connectivity index (χ0) is 20.6. The number of carboxylic acid groups (broad SMARTS) is 1. The molecule has 4 rings (SSSR count). The lowest BCUT2D eigenvalue weighted by atomic mass is 9.89. The summed E-state index contributed by atoms with van der Waals surface area (Å²) in [7, 11) is 1.68. The van der Waals surface area contributed by atoms with Gasteiger partial charge in [-0.2, -0.15) is 0 Å². The van der Waals surface area contributed by atoms with E-state index in [2.05, 4.69) is 20.8 Å². The highest BCUT2D eigenvalue weighted by atomic mass is 32.2. The number of thioether (sulfide) groups is 2. The Bertz CT molecular complexity index is 935. The smallest absolute Gasteiger partial charge is 0.313 e. The molecule has 2 aromatic heterocycles. The normalized spacial score (nSPS) is 26.0. The van der Waals surface area contributed by atoms with Crippen LogP contribution < -0.4 is 5.32 Å². The van der Waals surface area contributed by atoms with E-state index in [1.807, 2.05) is 17.5 Å². The molecule has 13 heteroatoms. The van der Waals surface area contributed by atoms with Gasteiger partial charge in [0.15, 0.2) is 0 Å². The molecule has 0 aromatic carbocycles. The molecule has 10 nitrogen and oxygen atoms in total. The minimum absolute atomic E-state index is 0.106. The number of hydrogen-bond acceptors (Lipinski definition) is 9. The molecule has 2 amide bonds. The maximum atomic E-state index is 12.6. The summed E-state index contributed by atoms with van der Waals surface area (Å²) in [6.45, 7) is 0.106. The number of rotatable bonds is 7. The molecule has 0 saturated carbocycles. The minimum atomic E-state index is -1.10. The van der Waals surface area contributed by atoms with Crippen LogP contribution in [-0.2, 0) is 27.9 Å². The first-order valence-corrected chi connectivity index (χ1v) is 11.6. The van der Waals surface area contributed by atoms with Gasteiger partial charge in [-0.3, -0.25) is 14.4 Å². The van der Waals surface area contributed by atoms with E-state index < -0.39 is 17.4 Å². The predicted octanol–water partition coefficient (Wildman–Crippen LogP) is 0.0773. The number of nitrogens with one attached hydrogen (secondary N) is 1. The van der Waals surface area contributed by atoms with E-state index >= 15 is 0 Å². The monoisotopic (exact) mass is 454 g/mol. The number of carboxylic acids is 1. The Morgan fingerprint density at radius 1 is 1.48 bits per heavy atom. The summed E-state index contributed by atoms with van der Waals surface area (Å²) in [5, 5.41) is 26.0. The molecular formula is C16H18N6O4S3. The number of carbonyl (C=O) groups is 3. The van der Waals surface area contributed by atoms with Gasteiger partial charge < -0.3 is 15.3 Å². The lowest BCUT2D eigenvalue weighted by Crippen LogP contribution is -2.74. The number of aliphatic carboxylic acids is 1. The Labute approximate surface area is 178 Å². The van der Waals surface area contributed by atoms with Crippen LogP contribution in [0.4, 0.5) is 0 Å². The third-order valence-corrected chi connectivity index (χ3v) is 8.65. The molecule has 3 atom stereocenters. The minimum Gasteiger partial charge on any atom is -0.481 e. The Hall–Kier alpha value is -2.12. The number of tetrazole rings is 1. The predicted molar refractivity (Wildman–Crippen MR) is 108 cm³/mol. The first kappa shape index (κ1) is 20.2. The van der Waals surface area contributed by atoms with Gasteiger partial charge in [-0.15, -0.1) is 28.2 Å². The average Bonchev–Trinajstić information content (AvgIpc) is 3.35. The molecule has 2 unspecified atom stereocenters. The molecule has 29 heavy (non-hydrogen) atoms. The summed E-state index contributed by atoms with van der Waals surface area (Å²) in [5.41, 5.74) is -1.10. The van der Waals surface area contributed by atoms with E-state index in [1.165, 1.54) is 39.5 Å². The number of fused-ring (bicyclic) bond motifs is 1. The highest BCUT2D eigenvalue weighted by molar-refractivity contribution is 8.00. The summed E-state index contributed by atoms with van der Waals surface area (Å²) in [6, 6.07) is 3.15. The molecule has 4 heterocycles. The Morgan fingerprint density at radius 2 is 2.31 bits per heavy atom. The zero-order valence-electron chi connectivity index (χ0n) is 15.3. The summed E-state index contributed by atoms with van der Waals surface area (Å²) < 4.78 is 1.48. The second-order valence-electron chi connectivity index (χ2n) is 6.93. The van der Waals surface area contributed by atoms with Crippen LogP contribution in [-0.4, -0.2) is 77.5 Å². The molecule has 154 valence electrons. The average molecular weight is 455 g/mol. The number of thiophene rings is 1. The van der Waals surface area contributed by atoms with Crippen LogP contribution in [0.5, 0.6) is 0 Å². The number of nitrogens with zero attached hydrogens (tertiary/aromatic N) is 5. The maximum Gasteiger partial charge on any atom is 0.313 e. The maximum absolute atomic E-state index is 12.6. The quantitative estimate of drug-likeness (QED) is 0.441. The van der Waals surface area contributed by atoms with Crippen molar-refractivity contribution in [2.75, 3.05) is 18.1 Å². The van der Waals surface area contributed by atoms with Crippen LogP contribution in [0.3, 0.4) is 0 Å². The van der Waals surface area contributed by atoms with Gasteiger partial charge in [0.05, 0.1) is 6.42 Å². The third kappa shape index (κ3) is 3.85. The Morgan fingerprint density at radius 3 is 2.97 bits per heavy atom. The summed E-state index contributed by atoms with van der Waals surface area (Å²) >= 11 is 4.14. The van der Waals surface area contributed by atoms with Crippen molar-refractivity contribution in [3.63, 3.8) is 0 Å². The molecule has 0 spiro atoms. The molecular weight excluding hydrogens is 436 g/mol. The molecule has 2 aliphatic rings. The first-order valence-electron chi connectivity index (χ1n) is 8.72. The largest absolute Gasteiger partial charge is 0.481 e. The van der Waals surface area contributed by atoms with Crippen LogP contribution in [0.2, 0.25) is 0 Å². The van der Waals surface area contributed by atoms with Crippen molar-refractivity contribution in [3.8, 4) is 0 Å². The zero-order valence-corrected chi connectivity index (χ0v) is 17.8. The lowest BCUT2D eigenvalue weighted by molar-refractivity contribution is -0.157. The van der Waals surface area contributed by atoms with Crippen molar-refractivity contribution < 1.29 is 19.5 Å². The highest BCUT2D eigenvalue weighted by Gasteiger charge is 2.57. The molecule has 2 aliphatic heterocycles. The molecule has 0 radical (unpaired) electrons. The standard InChI is InChI=1S/C16H18N6O4S3/c1-21-15(18-19-20-21)29-8-16(14(25)26)6-22-12(24)11(13(22)28-7-16)17-10(23)5-9-3-2-4-27-9/h2-4,11,13H,5-8H2,1H3,(H,17,23)(H,25,26)/t11?,13-,16?/m1/s1. The Kier molecular flexibility index (Phi) is 5.53. The summed E-state index contributed by atoms with van der Waals surface area (Å²) in [4.78, 5) is 39.4. The molecule has 0 aliphatic carbocycles. The molecule has 2 saturated heterocycles. The highest BCUT2D eigenvalue weighted by Crippen LogP contribution is 2.44. The van der Waals surface area contributed by atoms with Gasteiger partial charge in [0.25, 0.3) is 0 Å². The number of amides is 2. The van der Waals surface area contributed by atoms with E-state index in [4.69, 9.17) is 0 Å². The fourth-order valence-corrected chi connectivity index (χ4v) is 6.66. The van der Waals surface area contributed by atoms with Crippen LogP contribution in [0.1, 0.15) is 4.88 Å². The van der Waals surface area contributed by atoms with Crippen LogP contribution >= 0.6 is 34.9 Å². The molecule has 2 fully saturated rings. The second kappa shape index (κ2) is 7.95. The number of aromatic nitrogens is 4.